The van der Waals surface area contributed by atoms with Gasteiger partial charge in [-0.25, -0.2) is 0 Å². The van der Waals surface area contributed by atoms with Gasteiger partial charge in [0.25, 0.3) is 0 Å². The van der Waals surface area contributed by atoms with Crippen molar-refractivity contribution in [2.45, 2.75) is 188 Å². The van der Waals surface area contributed by atoms with E-state index in [2.05, 4.69) is 54.5 Å². The molecule has 2 heterocycles. The lowest BCUT2D eigenvalue weighted by atomic mass is 9.33. The minimum atomic E-state index is -1.31. The van der Waals surface area contributed by atoms with E-state index in [0.717, 1.165) is 57.8 Å². The molecule has 10 heteroatoms. The Morgan fingerprint density at radius 1 is 0.673 bits per heavy atom. The fourth-order valence-corrected chi connectivity index (χ4v) is 13.8. The van der Waals surface area contributed by atoms with Crippen LogP contribution in [0.4, 0.5) is 0 Å². The lowest BCUT2D eigenvalue weighted by molar-refractivity contribution is -0.324. The highest BCUT2D eigenvalue weighted by atomic mass is 16.7. The van der Waals surface area contributed by atoms with E-state index in [1.807, 2.05) is 0 Å². The van der Waals surface area contributed by atoms with Crippen LogP contribution in [0, 0.1) is 56.7 Å². The Hall–Kier alpha value is -0.660. The van der Waals surface area contributed by atoms with Crippen LogP contribution in [0.1, 0.15) is 120 Å². The van der Waals surface area contributed by atoms with Crippen molar-refractivity contribution < 1.29 is 49.6 Å². The SMILES string of the molecule is C[C@H]1[C@H](C)CC[C@]2(CO[C@H]3O[C@@H](C)[C@@H](O)[C@@H](O)[C@@H]3O)CC[C@]3(C)C(=CC[C@@H]4[C@@]5(C)CC[C@H](O[C@H]6O[C@@H](C)[C@@H](O)[C@@H](O)[C@@H]6O)C(C)(C)[C@@H]5CC[C@]43C)[C@H]12. The Morgan fingerprint density at radius 3 is 1.94 bits per heavy atom. The van der Waals surface area contributed by atoms with E-state index in [-0.39, 0.29) is 33.2 Å². The molecule has 20 atom stereocenters. The molecule has 2 aliphatic heterocycles. The maximum Gasteiger partial charge on any atom is 0.186 e. The molecule has 0 bridgehead atoms. The van der Waals surface area contributed by atoms with Crippen LogP contribution in [0.3, 0.4) is 0 Å². The molecule has 0 amide bonds. The Balaban J connectivity index is 1.15. The van der Waals surface area contributed by atoms with Crippen LogP contribution >= 0.6 is 0 Å². The molecule has 0 radical (unpaired) electrons. The van der Waals surface area contributed by atoms with Gasteiger partial charge in [-0.05, 0) is 123 Å². The summed E-state index contributed by atoms with van der Waals surface area (Å²) in [5, 5.41) is 63.2. The van der Waals surface area contributed by atoms with Gasteiger partial charge in [0.1, 0.15) is 36.6 Å². The van der Waals surface area contributed by atoms with Crippen LogP contribution in [-0.4, -0.2) is 105 Å². The lowest BCUT2D eigenvalue weighted by Gasteiger charge is -2.72. The number of hydrogen-bond acceptors (Lipinski definition) is 10. The summed E-state index contributed by atoms with van der Waals surface area (Å²) < 4.78 is 24.9. The Bertz CT molecular complexity index is 1360. The van der Waals surface area contributed by atoms with Gasteiger partial charge in [-0.2, -0.15) is 0 Å². The molecule has 4 saturated carbocycles. The van der Waals surface area contributed by atoms with Crippen molar-refractivity contribution in [3.05, 3.63) is 11.6 Å². The van der Waals surface area contributed by atoms with E-state index < -0.39 is 61.4 Å². The van der Waals surface area contributed by atoms with E-state index >= 15 is 0 Å². The molecule has 298 valence electrons. The molecule has 52 heavy (non-hydrogen) atoms. The van der Waals surface area contributed by atoms with Crippen molar-refractivity contribution in [2.24, 2.45) is 56.7 Å². The topological polar surface area (TPSA) is 158 Å². The molecular weight excluding hydrogens is 664 g/mol. The standard InChI is InChI=1S/C42H70O10/c1-21-12-17-42(20-49-36-34(47)32(45)30(43)23(3)50-36)19-18-40(8)25(29(42)22(21)2)10-11-27-39(7)15-14-28(38(5,6)26(39)13-16-41(27,40)9)52-37-35(48)33(46)31(44)24(4)51-37/h10,21-24,26-37,43-48H,11-20H2,1-9H3/t21-,22+,23+,24+,26+,27-,28+,29+,30-,31-,32-,33-,34+,35+,36+,37-,39+,40-,41-,42-/m1/s1. The smallest absolute Gasteiger partial charge is 0.186 e. The van der Waals surface area contributed by atoms with Crippen molar-refractivity contribution in [1.82, 2.24) is 0 Å². The maximum absolute atomic E-state index is 10.8. The first-order valence-corrected chi connectivity index (χ1v) is 20.6. The van der Waals surface area contributed by atoms with E-state index in [1.54, 1.807) is 19.4 Å². The van der Waals surface area contributed by atoms with Gasteiger partial charge in [0.2, 0.25) is 0 Å². The van der Waals surface area contributed by atoms with Crippen LogP contribution in [0.5, 0.6) is 0 Å². The first kappa shape index (κ1) is 39.6. The molecule has 7 rings (SSSR count). The van der Waals surface area contributed by atoms with Gasteiger partial charge in [0.15, 0.2) is 12.6 Å². The average Bonchev–Trinajstić information content (AvgIpc) is 3.09. The lowest BCUT2D eigenvalue weighted by Crippen LogP contribution is -2.66. The summed E-state index contributed by atoms with van der Waals surface area (Å²) in [4.78, 5) is 0. The molecule has 6 fully saturated rings. The van der Waals surface area contributed by atoms with E-state index in [1.165, 1.54) is 0 Å². The molecule has 5 aliphatic carbocycles. The zero-order valence-corrected chi connectivity index (χ0v) is 33.2. The number of rotatable bonds is 5. The molecule has 0 spiro atoms. The van der Waals surface area contributed by atoms with Crippen LogP contribution in [0.2, 0.25) is 0 Å². The molecule has 0 aromatic rings. The van der Waals surface area contributed by atoms with Crippen molar-refractivity contribution in [2.75, 3.05) is 6.61 Å². The quantitative estimate of drug-likeness (QED) is 0.173. The average molecular weight is 735 g/mol. The van der Waals surface area contributed by atoms with Gasteiger partial charge in [-0.3, -0.25) is 0 Å². The number of aliphatic hydroxyl groups is 6. The van der Waals surface area contributed by atoms with Gasteiger partial charge in [-0.1, -0.05) is 60.1 Å². The summed E-state index contributed by atoms with van der Waals surface area (Å²) in [5.41, 5.74) is 1.58. The van der Waals surface area contributed by atoms with Crippen molar-refractivity contribution in [3.8, 4) is 0 Å². The molecule has 2 saturated heterocycles. The van der Waals surface area contributed by atoms with Gasteiger partial charge < -0.3 is 49.6 Å². The molecular formula is C42H70O10. The highest BCUT2D eigenvalue weighted by Gasteiger charge is 2.69. The number of fused-ring (bicyclic) bond motifs is 7. The summed E-state index contributed by atoms with van der Waals surface area (Å²) in [6.45, 7) is 21.1. The number of allylic oxidation sites excluding steroid dienone is 2. The summed E-state index contributed by atoms with van der Waals surface area (Å²) >= 11 is 0. The fourth-order valence-electron chi connectivity index (χ4n) is 13.8. The largest absolute Gasteiger partial charge is 0.388 e. The van der Waals surface area contributed by atoms with Gasteiger partial charge in [-0.15, -0.1) is 0 Å². The van der Waals surface area contributed by atoms with E-state index in [4.69, 9.17) is 18.9 Å². The minimum absolute atomic E-state index is 0.0315. The monoisotopic (exact) mass is 734 g/mol. The van der Waals surface area contributed by atoms with Gasteiger partial charge in [0.05, 0.1) is 24.9 Å². The first-order valence-electron chi connectivity index (χ1n) is 20.6. The Kier molecular flexibility index (Phi) is 10.3. The second-order valence-electron chi connectivity index (χ2n) is 20.2. The zero-order chi connectivity index (χ0) is 37.9. The highest BCUT2D eigenvalue weighted by molar-refractivity contribution is 5.34. The predicted molar refractivity (Wildman–Crippen MR) is 195 cm³/mol. The van der Waals surface area contributed by atoms with Gasteiger partial charge >= 0.3 is 0 Å². The Morgan fingerprint density at radius 2 is 1.29 bits per heavy atom. The zero-order valence-electron chi connectivity index (χ0n) is 33.2. The Labute approximate surface area is 311 Å². The summed E-state index contributed by atoms with van der Waals surface area (Å²) in [7, 11) is 0. The van der Waals surface area contributed by atoms with Crippen molar-refractivity contribution in [3.63, 3.8) is 0 Å². The summed E-state index contributed by atoms with van der Waals surface area (Å²) in [6, 6.07) is 0. The second-order valence-corrected chi connectivity index (χ2v) is 20.2. The number of aliphatic hydroxyl groups excluding tert-OH is 6. The number of ether oxygens (including phenoxy) is 4. The molecule has 6 N–H and O–H groups in total. The molecule has 0 aromatic carbocycles. The third-order valence-electron chi connectivity index (χ3n) is 17.5. The first-order chi connectivity index (χ1) is 24.2. The molecule has 0 unspecified atom stereocenters. The molecule has 0 aromatic heterocycles. The van der Waals surface area contributed by atoms with E-state index in [9.17, 15) is 30.6 Å². The third kappa shape index (κ3) is 5.69. The summed E-state index contributed by atoms with van der Waals surface area (Å²) in [5.74, 6) is 2.33. The second kappa shape index (κ2) is 13.5. The van der Waals surface area contributed by atoms with Crippen LogP contribution in [0.25, 0.3) is 0 Å². The normalized spacial score (nSPS) is 57.5. The summed E-state index contributed by atoms with van der Waals surface area (Å²) in [6.07, 6.45) is 1.24. The minimum Gasteiger partial charge on any atom is -0.388 e. The van der Waals surface area contributed by atoms with Crippen molar-refractivity contribution >= 4 is 0 Å². The van der Waals surface area contributed by atoms with Gasteiger partial charge in [0, 0.05) is 5.41 Å². The van der Waals surface area contributed by atoms with Crippen molar-refractivity contribution in [1.29, 1.82) is 0 Å². The third-order valence-corrected chi connectivity index (χ3v) is 17.5. The maximum atomic E-state index is 10.8. The van der Waals surface area contributed by atoms with Crippen LogP contribution in [-0.2, 0) is 18.9 Å². The molecule has 7 aliphatic rings. The van der Waals surface area contributed by atoms with E-state index in [0.29, 0.717) is 36.2 Å². The van der Waals surface area contributed by atoms with Crippen LogP contribution < -0.4 is 0 Å². The predicted octanol–water partition coefficient (Wildman–Crippen LogP) is 4.70. The van der Waals surface area contributed by atoms with Crippen LogP contribution in [0.15, 0.2) is 11.6 Å². The highest BCUT2D eigenvalue weighted by Crippen LogP contribution is 2.76. The number of hydrogen-bond donors (Lipinski definition) is 6. The fraction of sp³-hybridized carbons (Fsp3) is 0.952. The molecule has 10 nitrogen and oxygen atoms in total.